The summed E-state index contributed by atoms with van der Waals surface area (Å²) in [6.07, 6.45) is 2.38. The molecule has 2 heterocycles. The van der Waals surface area contributed by atoms with Gasteiger partial charge >= 0.3 is 0 Å². The molecule has 1 saturated carbocycles. The van der Waals surface area contributed by atoms with E-state index < -0.39 is 0 Å². The average molecular weight is 289 g/mol. The summed E-state index contributed by atoms with van der Waals surface area (Å²) in [4.78, 5) is 23.2. The molecule has 0 aliphatic heterocycles. The molecule has 5 heteroatoms. The van der Waals surface area contributed by atoms with Gasteiger partial charge in [0.15, 0.2) is 0 Å². The molecule has 0 unspecified atom stereocenters. The number of aryl methyl sites for hydroxylation is 2. The van der Waals surface area contributed by atoms with Crippen LogP contribution in [0.3, 0.4) is 0 Å². The molecule has 1 aliphatic carbocycles. The molecule has 1 amide bonds. The molecule has 0 bridgehead atoms. The first-order valence-corrected chi connectivity index (χ1v) is 7.87. The van der Waals surface area contributed by atoms with Crippen LogP contribution in [0, 0.1) is 13.8 Å². The summed E-state index contributed by atoms with van der Waals surface area (Å²) in [5.41, 5.74) is 2.00. The number of rotatable bonds is 3. The van der Waals surface area contributed by atoms with Crippen LogP contribution in [0.1, 0.15) is 59.4 Å². The summed E-state index contributed by atoms with van der Waals surface area (Å²) in [7, 11) is 0. The van der Waals surface area contributed by atoms with Gasteiger partial charge in [0.25, 0.3) is 5.91 Å². The van der Waals surface area contributed by atoms with Crippen LogP contribution in [0.4, 0.5) is 0 Å². The maximum Gasteiger partial charge on any atom is 0.261 e. The molecule has 4 nitrogen and oxygen atoms in total. The zero-order valence-corrected chi connectivity index (χ0v) is 13.1. The van der Waals surface area contributed by atoms with Crippen LogP contribution in [0.25, 0.3) is 10.2 Å². The second-order valence-electron chi connectivity index (χ2n) is 5.81. The molecule has 2 aromatic rings. The third kappa shape index (κ3) is 2.30. The van der Waals surface area contributed by atoms with Crippen molar-refractivity contribution in [1.29, 1.82) is 0 Å². The number of nitrogens with zero attached hydrogens (tertiary/aromatic N) is 2. The number of carbonyl (C=O) groups is 1. The highest BCUT2D eigenvalue weighted by Gasteiger charge is 2.28. The van der Waals surface area contributed by atoms with Gasteiger partial charge in [-0.3, -0.25) is 4.79 Å². The standard InChI is InChI=1S/C15H19N3OS/c1-7(2)16-14(19)12-8(3)11-9(4)17-13(10-5-6-10)18-15(11)20-12/h7,10H,5-6H2,1-4H3,(H,16,19). The summed E-state index contributed by atoms with van der Waals surface area (Å²) >= 11 is 1.48. The Morgan fingerprint density at radius 3 is 2.60 bits per heavy atom. The van der Waals surface area contributed by atoms with E-state index >= 15 is 0 Å². The van der Waals surface area contributed by atoms with Crippen LogP contribution in [-0.4, -0.2) is 21.9 Å². The number of nitrogens with one attached hydrogen (secondary N) is 1. The van der Waals surface area contributed by atoms with E-state index in [2.05, 4.69) is 15.3 Å². The number of fused-ring (bicyclic) bond motifs is 1. The largest absolute Gasteiger partial charge is 0.349 e. The molecule has 106 valence electrons. The van der Waals surface area contributed by atoms with Crippen LogP contribution >= 0.6 is 11.3 Å². The zero-order chi connectivity index (χ0) is 14.4. The number of amides is 1. The third-order valence-electron chi connectivity index (χ3n) is 3.56. The Kier molecular flexibility index (Phi) is 3.24. The highest BCUT2D eigenvalue weighted by molar-refractivity contribution is 7.20. The van der Waals surface area contributed by atoms with E-state index in [1.807, 2.05) is 27.7 Å². The van der Waals surface area contributed by atoms with E-state index in [1.54, 1.807) is 0 Å². The molecule has 0 saturated heterocycles. The summed E-state index contributed by atoms with van der Waals surface area (Å²) < 4.78 is 0. The lowest BCUT2D eigenvalue weighted by atomic mass is 10.1. The average Bonchev–Trinajstić information content (AvgIpc) is 3.13. The second-order valence-corrected chi connectivity index (χ2v) is 6.81. The molecule has 0 aromatic carbocycles. The Morgan fingerprint density at radius 2 is 2.00 bits per heavy atom. The number of hydrogen-bond acceptors (Lipinski definition) is 4. The molecule has 0 spiro atoms. The molecule has 1 N–H and O–H groups in total. The fraction of sp³-hybridized carbons (Fsp3) is 0.533. The summed E-state index contributed by atoms with van der Waals surface area (Å²) in [6.45, 7) is 7.94. The van der Waals surface area contributed by atoms with Gasteiger partial charge in [-0.2, -0.15) is 0 Å². The minimum Gasteiger partial charge on any atom is -0.349 e. The monoisotopic (exact) mass is 289 g/mol. The van der Waals surface area contributed by atoms with E-state index in [4.69, 9.17) is 0 Å². The summed E-state index contributed by atoms with van der Waals surface area (Å²) in [5, 5.41) is 4.00. The SMILES string of the molecule is Cc1nc(C2CC2)nc2sc(C(=O)NC(C)C)c(C)c12. The van der Waals surface area contributed by atoms with Gasteiger partial charge in [-0.25, -0.2) is 9.97 Å². The maximum atomic E-state index is 12.2. The molecule has 20 heavy (non-hydrogen) atoms. The molecule has 1 aliphatic rings. The Bertz CT molecular complexity index is 686. The van der Waals surface area contributed by atoms with E-state index in [1.165, 1.54) is 24.2 Å². The predicted octanol–water partition coefficient (Wildman–Crippen LogP) is 3.32. The van der Waals surface area contributed by atoms with Gasteiger partial charge in [0, 0.05) is 17.3 Å². The van der Waals surface area contributed by atoms with Crippen LogP contribution in [0.5, 0.6) is 0 Å². The number of hydrogen-bond donors (Lipinski definition) is 1. The van der Waals surface area contributed by atoms with Crippen molar-refractivity contribution in [2.75, 3.05) is 0 Å². The zero-order valence-electron chi connectivity index (χ0n) is 12.3. The summed E-state index contributed by atoms with van der Waals surface area (Å²) in [6, 6.07) is 0.140. The van der Waals surface area contributed by atoms with Gasteiger partial charge in [-0.15, -0.1) is 11.3 Å². The fourth-order valence-corrected chi connectivity index (χ4v) is 3.57. The molecule has 2 aromatic heterocycles. The van der Waals surface area contributed by atoms with Crippen molar-refractivity contribution in [2.24, 2.45) is 0 Å². The Labute approximate surface area is 122 Å². The van der Waals surface area contributed by atoms with E-state index in [9.17, 15) is 4.79 Å². The van der Waals surface area contributed by atoms with E-state index in [0.717, 1.165) is 32.2 Å². The number of aromatic nitrogens is 2. The van der Waals surface area contributed by atoms with Crippen molar-refractivity contribution in [3.63, 3.8) is 0 Å². The van der Waals surface area contributed by atoms with Crippen molar-refractivity contribution in [3.8, 4) is 0 Å². The van der Waals surface area contributed by atoms with Gasteiger partial charge in [-0.1, -0.05) is 0 Å². The lowest BCUT2D eigenvalue weighted by Gasteiger charge is -2.07. The van der Waals surface area contributed by atoms with Gasteiger partial charge in [-0.05, 0) is 46.1 Å². The summed E-state index contributed by atoms with van der Waals surface area (Å²) in [5.74, 6) is 1.48. The molecule has 0 radical (unpaired) electrons. The third-order valence-corrected chi connectivity index (χ3v) is 4.74. The molecule has 1 fully saturated rings. The predicted molar refractivity (Wildman–Crippen MR) is 81.5 cm³/mol. The van der Waals surface area contributed by atoms with Gasteiger partial charge in [0.05, 0.1) is 10.6 Å². The van der Waals surface area contributed by atoms with Gasteiger partial charge < -0.3 is 5.32 Å². The van der Waals surface area contributed by atoms with Crippen LogP contribution < -0.4 is 5.32 Å². The van der Waals surface area contributed by atoms with Crippen LogP contribution in [0.15, 0.2) is 0 Å². The maximum absolute atomic E-state index is 12.2. The highest BCUT2D eigenvalue weighted by atomic mass is 32.1. The lowest BCUT2D eigenvalue weighted by Crippen LogP contribution is -2.29. The minimum atomic E-state index is -0.00660. The Hall–Kier alpha value is -1.49. The fourth-order valence-electron chi connectivity index (χ4n) is 2.43. The first-order valence-electron chi connectivity index (χ1n) is 7.06. The van der Waals surface area contributed by atoms with E-state index in [-0.39, 0.29) is 11.9 Å². The lowest BCUT2D eigenvalue weighted by molar-refractivity contribution is 0.0947. The topological polar surface area (TPSA) is 54.9 Å². The molecular formula is C15H19N3OS. The number of carbonyl (C=O) groups excluding carboxylic acids is 1. The quantitative estimate of drug-likeness (QED) is 0.943. The highest BCUT2D eigenvalue weighted by Crippen LogP contribution is 2.40. The molecular weight excluding hydrogens is 270 g/mol. The Morgan fingerprint density at radius 1 is 1.30 bits per heavy atom. The normalized spacial score (nSPS) is 15.1. The van der Waals surface area contributed by atoms with Crippen molar-refractivity contribution < 1.29 is 4.79 Å². The van der Waals surface area contributed by atoms with Gasteiger partial charge in [0.1, 0.15) is 10.7 Å². The van der Waals surface area contributed by atoms with Crippen molar-refractivity contribution in [1.82, 2.24) is 15.3 Å². The molecule has 0 atom stereocenters. The van der Waals surface area contributed by atoms with Crippen molar-refractivity contribution in [2.45, 2.75) is 52.5 Å². The van der Waals surface area contributed by atoms with E-state index in [0.29, 0.717) is 5.92 Å². The van der Waals surface area contributed by atoms with Crippen molar-refractivity contribution in [3.05, 3.63) is 22.0 Å². The van der Waals surface area contributed by atoms with Gasteiger partial charge in [0.2, 0.25) is 0 Å². The second kappa shape index (κ2) is 4.81. The first kappa shape index (κ1) is 13.5. The molecule has 3 rings (SSSR count). The van der Waals surface area contributed by atoms with Crippen LogP contribution in [-0.2, 0) is 0 Å². The number of thiophene rings is 1. The first-order chi connectivity index (χ1) is 9.47. The Balaban J connectivity index is 2.09. The minimum absolute atomic E-state index is 0.00660. The van der Waals surface area contributed by atoms with Crippen LogP contribution in [0.2, 0.25) is 0 Å². The smallest absolute Gasteiger partial charge is 0.261 e. The van der Waals surface area contributed by atoms with Crippen molar-refractivity contribution >= 4 is 27.5 Å².